The number of likely N-dealkylation sites (N-methyl/N-ethyl adjacent to an activating group) is 2. The van der Waals surface area contributed by atoms with Gasteiger partial charge >= 0.3 is 5.97 Å². The number of carbonyl (C=O) groups is 2. The van der Waals surface area contributed by atoms with Gasteiger partial charge in [-0.15, -0.1) is 0 Å². The summed E-state index contributed by atoms with van der Waals surface area (Å²) in [5, 5.41) is 8.58. The van der Waals surface area contributed by atoms with Crippen LogP contribution in [0.15, 0.2) is 30.3 Å². The highest BCUT2D eigenvalue weighted by Gasteiger charge is 2.12. The molecule has 19 heavy (non-hydrogen) atoms. The second-order valence-corrected chi connectivity index (χ2v) is 4.62. The molecule has 5 heteroatoms. The Kier molecular flexibility index (Phi) is 6.02. The van der Waals surface area contributed by atoms with Crippen LogP contribution in [0.2, 0.25) is 0 Å². The third-order valence-corrected chi connectivity index (χ3v) is 2.80. The zero-order valence-corrected chi connectivity index (χ0v) is 11.4. The number of benzene rings is 1. The predicted octanol–water partition coefficient (Wildman–Crippen LogP) is 1.05. The van der Waals surface area contributed by atoms with E-state index in [1.807, 2.05) is 30.3 Å². The lowest BCUT2D eigenvalue weighted by atomic mass is 10.2. The monoisotopic (exact) mass is 264 g/mol. The molecule has 0 heterocycles. The van der Waals surface area contributed by atoms with Gasteiger partial charge in [0, 0.05) is 20.1 Å². The van der Waals surface area contributed by atoms with Gasteiger partial charge in [-0.2, -0.15) is 0 Å². The maximum atomic E-state index is 11.9. The third kappa shape index (κ3) is 6.01. The van der Waals surface area contributed by atoms with E-state index in [9.17, 15) is 9.59 Å². The average Bonchev–Trinajstić information content (AvgIpc) is 2.37. The number of carboxylic acid groups (broad SMARTS) is 1. The number of nitrogens with zero attached hydrogens (tertiary/aromatic N) is 2. The van der Waals surface area contributed by atoms with Crippen molar-refractivity contribution in [1.82, 2.24) is 9.80 Å². The van der Waals surface area contributed by atoms with E-state index >= 15 is 0 Å². The number of hydrogen-bond acceptors (Lipinski definition) is 3. The molecule has 104 valence electrons. The zero-order chi connectivity index (χ0) is 14.3. The second-order valence-electron chi connectivity index (χ2n) is 4.62. The number of amides is 1. The van der Waals surface area contributed by atoms with Crippen molar-refractivity contribution in [2.75, 3.05) is 27.2 Å². The fourth-order valence-electron chi connectivity index (χ4n) is 1.66. The van der Waals surface area contributed by atoms with Crippen LogP contribution in [0.3, 0.4) is 0 Å². The molecule has 0 saturated carbocycles. The molecule has 0 aromatic heterocycles. The summed E-state index contributed by atoms with van der Waals surface area (Å²) in [5.41, 5.74) is 1.08. The maximum absolute atomic E-state index is 11.9. The molecular weight excluding hydrogens is 244 g/mol. The van der Waals surface area contributed by atoms with E-state index in [2.05, 4.69) is 0 Å². The van der Waals surface area contributed by atoms with Gasteiger partial charge in [-0.25, -0.2) is 0 Å². The minimum Gasteiger partial charge on any atom is -0.481 e. The Labute approximate surface area is 113 Å². The Morgan fingerprint density at radius 1 is 1.16 bits per heavy atom. The van der Waals surface area contributed by atoms with E-state index in [1.54, 1.807) is 23.9 Å². The summed E-state index contributed by atoms with van der Waals surface area (Å²) < 4.78 is 0. The molecule has 5 nitrogen and oxygen atoms in total. The minimum atomic E-state index is -0.850. The van der Waals surface area contributed by atoms with Gasteiger partial charge in [0.1, 0.15) is 0 Å². The largest absolute Gasteiger partial charge is 0.481 e. The topological polar surface area (TPSA) is 60.9 Å². The van der Waals surface area contributed by atoms with Crippen molar-refractivity contribution in [2.24, 2.45) is 0 Å². The Hall–Kier alpha value is -1.88. The van der Waals surface area contributed by atoms with Gasteiger partial charge in [-0.1, -0.05) is 30.3 Å². The molecule has 0 unspecified atom stereocenters. The lowest BCUT2D eigenvalue weighted by Crippen LogP contribution is -2.37. The Morgan fingerprint density at radius 2 is 1.79 bits per heavy atom. The third-order valence-electron chi connectivity index (χ3n) is 2.80. The quantitative estimate of drug-likeness (QED) is 0.799. The summed E-state index contributed by atoms with van der Waals surface area (Å²) in [6, 6.07) is 9.75. The fourth-order valence-corrected chi connectivity index (χ4v) is 1.66. The summed E-state index contributed by atoms with van der Waals surface area (Å²) in [5.74, 6) is -0.867. The minimum absolute atomic E-state index is 0.0169. The first kappa shape index (κ1) is 15.2. The molecule has 0 aliphatic carbocycles. The van der Waals surface area contributed by atoms with Crippen LogP contribution in [0, 0.1) is 0 Å². The lowest BCUT2D eigenvalue weighted by Gasteiger charge is -2.21. The van der Waals surface area contributed by atoms with Crippen LogP contribution >= 0.6 is 0 Å². The summed E-state index contributed by atoms with van der Waals surface area (Å²) >= 11 is 0. The van der Waals surface area contributed by atoms with E-state index < -0.39 is 5.97 Å². The first-order valence-corrected chi connectivity index (χ1v) is 6.17. The van der Waals surface area contributed by atoms with Gasteiger partial charge in [0.05, 0.1) is 13.0 Å². The standard InChI is InChI=1S/C14H20N2O3/c1-15(9-8-14(18)19)11-13(17)16(2)10-12-6-4-3-5-7-12/h3-7H,8-11H2,1-2H3,(H,18,19). The van der Waals surface area contributed by atoms with E-state index in [0.717, 1.165) is 5.56 Å². The first-order valence-electron chi connectivity index (χ1n) is 6.17. The van der Waals surface area contributed by atoms with Crippen molar-refractivity contribution in [3.8, 4) is 0 Å². The Morgan fingerprint density at radius 3 is 2.37 bits per heavy atom. The summed E-state index contributed by atoms with van der Waals surface area (Å²) in [6.07, 6.45) is 0.0478. The summed E-state index contributed by atoms with van der Waals surface area (Å²) in [4.78, 5) is 25.7. The van der Waals surface area contributed by atoms with Crippen LogP contribution in [-0.2, 0) is 16.1 Å². The normalized spacial score (nSPS) is 10.5. The highest BCUT2D eigenvalue weighted by Crippen LogP contribution is 2.03. The van der Waals surface area contributed by atoms with Crippen LogP contribution in [0.25, 0.3) is 0 Å². The van der Waals surface area contributed by atoms with Crippen molar-refractivity contribution in [2.45, 2.75) is 13.0 Å². The van der Waals surface area contributed by atoms with Gasteiger partial charge in [0.25, 0.3) is 0 Å². The van der Waals surface area contributed by atoms with Crippen molar-refractivity contribution >= 4 is 11.9 Å². The van der Waals surface area contributed by atoms with Crippen molar-refractivity contribution in [3.05, 3.63) is 35.9 Å². The SMILES string of the molecule is CN(CCC(=O)O)CC(=O)N(C)Cc1ccccc1. The van der Waals surface area contributed by atoms with Crippen molar-refractivity contribution in [1.29, 1.82) is 0 Å². The molecule has 0 bridgehead atoms. The van der Waals surface area contributed by atoms with Gasteiger partial charge in [0.15, 0.2) is 0 Å². The summed E-state index contributed by atoms with van der Waals surface area (Å²) in [7, 11) is 3.50. The van der Waals surface area contributed by atoms with E-state index in [4.69, 9.17) is 5.11 Å². The molecule has 0 spiro atoms. The predicted molar refractivity (Wildman–Crippen MR) is 72.7 cm³/mol. The van der Waals surface area contributed by atoms with E-state index in [1.165, 1.54) is 0 Å². The highest BCUT2D eigenvalue weighted by atomic mass is 16.4. The molecule has 1 N–H and O–H groups in total. The van der Waals surface area contributed by atoms with Crippen molar-refractivity contribution < 1.29 is 14.7 Å². The molecular formula is C14H20N2O3. The van der Waals surface area contributed by atoms with Crippen LogP contribution in [0.1, 0.15) is 12.0 Å². The Bertz CT molecular complexity index is 420. The average molecular weight is 264 g/mol. The van der Waals surface area contributed by atoms with Gasteiger partial charge in [-0.3, -0.25) is 14.5 Å². The highest BCUT2D eigenvalue weighted by molar-refractivity contribution is 5.78. The Balaban J connectivity index is 2.38. The second kappa shape index (κ2) is 7.53. The molecule has 0 saturated heterocycles. The van der Waals surface area contributed by atoms with E-state index in [-0.39, 0.29) is 18.9 Å². The van der Waals surface area contributed by atoms with Crippen molar-refractivity contribution in [3.63, 3.8) is 0 Å². The maximum Gasteiger partial charge on any atom is 0.304 e. The smallest absolute Gasteiger partial charge is 0.304 e. The number of aliphatic carboxylic acids is 1. The molecule has 0 radical (unpaired) electrons. The molecule has 1 aromatic rings. The van der Waals surface area contributed by atoms with E-state index in [0.29, 0.717) is 13.1 Å². The van der Waals surface area contributed by atoms with Gasteiger partial charge in [0.2, 0.25) is 5.91 Å². The van der Waals surface area contributed by atoms with Gasteiger partial charge < -0.3 is 10.0 Å². The zero-order valence-electron chi connectivity index (χ0n) is 11.4. The number of rotatable bonds is 7. The molecule has 1 amide bonds. The molecule has 0 fully saturated rings. The fraction of sp³-hybridized carbons (Fsp3) is 0.429. The molecule has 1 aromatic carbocycles. The van der Waals surface area contributed by atoms with Crippen LogP contribution in [0.4, 0.5) is 0 Å². The molecule has 0 aliphatic rings. The molecule has 0 aliphatic heterocycles. The number of hydrogen-bond donors (Lipinski definition) is 1. The molecule has 1 rings (SSSR count). The molecule has 0 atom stereocenters. The lowest BCUT2D eigenvalue weighted by molar-refractivity contribution is -0.138. The number of carbonyl (C=O) groups excluding carboxylic acids is 1. The van der Waals surface area contributed by atoms with Crippen LogP contribution in [0.5, 0.6) is 0 Å². The van der Waals surface area contributed by atoms with Crippen LogP contribution < -0.4 is 0 Å². The first-order chi connectivity index (χ1) is 8.99. The van der Waals surface area contributed by atoms with Crippen LogP contribution in [-0.4, -0.2) is 54.0 Å². The summed E-state index contributed by atoms with van der Waals surface area (Å²) in [6.45, 7) is 1.17. The van der Waals surface area contributed by atoms with Gasteiger partial charge in [-0.05, 0) is 12.6 Å². The number of carboxylic acids is 1.